The normalized spacial score (nSPS) is 12.5. The molecule has 0 aliphatic heterocycles. The minimum Gasteiger partial charge on any atom is -0.504 e. The first kappa shape index (κ1) is 21.1. The van der Waals surface area contributed by atoms with Gasteiger partial charge in [-0.15, -0.1) is 0 Å². The number of benzene rings is 1. The first-order valence-corrected chi connectivity index (χ1v) is 8.91. The molecule has 0 atom stereocenters. The average molecular weight is 348 g/mol. The molecule has 25 heavy (non-hydrogen) atoms. The number of hydrogen-bond donors (Lipinski definition) is 2. The molecule has 2 N–H and O–H groups in total. The first-order valence-electron chi connectivity index (χ1n) is 8.91. The van der Waals surface area contributed by atoms with Crippen LogP contribution >= 0.6 is 0 Å². The molecule has 4 heteroatoms. The van der Waals surface area contributed by atoms with Gasteiger partial charge in [-0.25, -0.2) is 0 Å². The molecular formula is C21H32O4. The summed E-state index contributed by atoms with van der Waals surface area (Å²) < 4.78 is 5.27. The third-order valence-electron chi connectivity index (χ3n) is 4.56. The molecule has 0 aliphatic carbocycles. The van der Waals surface area contributed by atoms with Crippen molar-refractivity contribution in [2.75, 3.05) is 6.61 Å². The summed E-state index contributed by atoms with van der Waals surface area (Å²) in [5, 5.41) is 18.7. The second-order valence-electron chi connectivity index (χ2n) is 7.96. The molecule has 0 unspecified atom stereocenters. The molecule has 1 aromatic carbocycles. The Bertz CT molecular complexity index is 600. The SMILES string of the molecule is CCC(C)(C)/C=C\C(C)(C)CCC(=O)OCCc1ccc(O)c(O)c1. The Labute approximate surface area is 151 Å². The lowest BCUT2D eigenvalue weighted by Crippen LogP contribution is -2.15. The zero-order chi connectivity index (χ0) is 19.1. The minimum absolute atomic E-state index is 0.0474. The maximum atomic E-state index is 11.9. The topological polar surface area (TPSA) is 66.8 Å². The van der Waals surface area contributed by atoms with Crippen molar-refractivity contribution in [1.82, 2.24) is 0 Å². The van der Waals surface area contributed by atoms with Crippen LogP contribution in [0.5, 0.6) is 11.5 Å². The summed E-state index contributed by atoms with van der Waals surface area (Å²) in [5.74, 6) is -0.520. The van der Waals surface area contributed by atoms with Crippen molar-refractivity contribution in [1.29, 1.82) is 0 Å². The van der Waals surface area contributed by atoms with Gasteiger partial charge in [0.05, 0.1) is 6.61 Å². The lowest BCUT2D eigenvalue weighted by molar-refractivity contribution is -0.144. The van der Waals surface area contributed by atoms with E-state index in [0.29, 0.717) is 12.8 Å². The quantitative estimate of drug-likeness (QED) is 0.375. The van der Waals surface area contributed by atoms with Gasteiger partial charge >= 0.3 is 5.97 Å². The Hall–Kier alpha value is -1.97. The van der Waals surface area contributed by atoms with Crippen LogP contribution in [0.3, 0.4) is 0 Å². The van der Waals surface area contributed by atoms with Crippen LogP contribution in [0.2, 0.25) is 0 Å². The van der Waals surface area contributed by atoms with Gasteiger partial charge in [0.15, 0.2) is 11.5 Å². The van der Waals surface area contributed by atoms with Crippen LogP contribution in [0.1, 0.15) is 59.4 Å². The van der Waals surface area contributed by atoms with E-state index in [0.717, 1.165) is 18.4 Å². The number of allylic oxidation sites excluding steroid dienone is 2. The summed E-state index contributed by atoms with van der Waals surface area (Å²) in [6, 6.07) is 4.61. The van der Waals surface area contributed by atoms with Crippen LogP contribution in [0.15, 0.2) is 30.4 Å². The second kappa shape index (κ2) is 8.93. The van der Waals surface area contributed by atoms with Crippen molar-refractivity contribution in [3.63, 3.8) is 0 Å². The monoisotopic (exact) mass is 348 g/mol. The Kier molecular flexibility index (Phi) is 7.53. The molecule has 0 bridgehead atoms. The van der Waals surface area contributed by atoms with Gasteiger partial charge in [-0.05, 0) is 41.4 Å². The number of rotatable bonds is 9. The Morgan fingerprint density at radius 1 is 1.08 bits per heavy atom. The predicted octanol–water partition coefficient (Wildman–Crippen LogP) is 4.98. The lowest BCUT2D eigenvalue weighted by Gasteiger charge is -2.23. The van der Waals surface area contributed by atoms with Gasteiger partial charge in [0.1, 0.15) is 0 Å². The highest BCUT2D eigenvalue weighted by Gasteiger charge is 2.19. The molecule has 140 valence electrons. The lowest BCUT2D eigenvalue weighted by atomic mass is 9.82. The van der Waals surface area contributed by atoms with Gasteiger partial charge in [0.25, 0.3) is 0 Å². The van der Waals surface area contributed by atoms with Gasteiger partial charge < -0.3 is 14.9 Å². The largest absolute Gasteiger partial charge is 0.504 e. The molecule has 0 heterocycles. The predicted molar refractivity (Wildman–Crippen MR) is 101 cm³/mol. The van der Waals surface area contributed by atoms with E-state index in [1.807, 2.05) is 0 Å². The summed E-state index contributed by atoms with van der Waals surface area (Å²) in [5.41, 5.74) is 0.940. The minimum atomic E-state index is -0.209. The molecule has 0 aromatic heterocycles. The highest BCUT2D eigenvalue weighted by atomic mass is 16.5. The number of ether oxygens (including phenoxy) is 1. The van der Waals surface area contributed by atoms with Gasteiger partial charge in [-0.1, -0.05) is 52.8 Å². The van der Waals surface area contributed by atoms with Crippen LogP contribution in [0, 0.1) is 10.8 Å². The fourth-order valence-corrected chi connectivity index (χ4v) is 2.16. The van der Waals surface area contributed by atoms with Crippen molar-refractivity contribution in [2.45, 2.75) is 60.3 Å². The van der Waals surface area contributed by atoms with Crippen molar-refractivity contribution in [3.8, 4) is 11.5 Å². The number of carbonyl (C=O) groups excluding carboxylic acids is 1. The van der Waals surface area contributed by atoms with Crippen molar-refractivity contribution >= 4 is 5.97 Å². The second-order valence-corrected chi connectivity index (χ2v) is 7.96. The average Bonchev–Trinajstić information content (AvgIpc) is 2.55. The number of hydrogen-bond acceptors (Lipinski definition) is 4. The molecule has 1 aromatic rings. The molecule has 0 spiro atoms. The highest BCUT2D eigenvalue weighted by molar-refractivity contribution is 5.69. The number of phenols is 2. The van der Waals surface area contributed by atoms with E-state index in [2.05, 4.69) is 46.8 Å². The summed E-state index contributed by atoms with van der Waals surface area (Å²) in [4.78, 5) is 11.9. The first-order chi connectivity index (χ1) is 11.5. The third kappa shape index (κ3) is 8.10. The van der Waals surface area contributed by atoms with Crippen LogP contribution in [-0.4, -0.2) is 22.8 Å². The highest BCUT2D eigenvalue weighted by Crippen LogP contribution is 2.29. The van der Waals surface area contributed by atoms with Crippen molar-refractivity contribution < 1.29 is 19.7 Å². The van der Waals surface area contributed by atoms with Crippen LogP contribution in [0.25, 0.3) is 0 Å². The zero-order valence-electron chi connectivity index (χ0n) is 16.1. The zero-order valence-corrected chi connectivity index (χ0v) is 16.1. The molecular weight excluding hydrogens is 316 g/mol. The summed E-state index contributed by atoms with van der Waals surface area (Å²) >= 11 is 0. The number of phenolic OH excluding ortho intramolecular Hbond substituents is 2. The number of esters is 1. The van der Waals surface area contributed by atoms with Crippen LogP contribution < -0.4 is 0 Å². The van der Waals surface area contributed by atoms with Gasteiger partial charge in [-0.3, -0.25) is 4.79 Å². The van der Waals surface area contributed by atoms with E-state index in [-0.39, 0.29) is 34.9 Å². The van der Waals surface area contributed by atoms with Crippen molar-refractivity contribution in [3.05, 3.63) is 35.9 Å². The molecule has 0 saturated carbocycles. The Morgan fingerprint density at radius 3 is 2.32 bits per heavy atom. The van der Waals surface area contributed by atoms with Crippen molar-refractivity contribution in [2.24, 2.45) is 10.8 Å². The summed E-state index contributed by atoms with van der Waals surface area (Å²) in [6.07, 6.45) is 7.13. The fraction of sp³-hybridized carbons (Fsp3) is 0.571. The fourth-order valence-electron chi connectivity index (χ4n) is 2.16. The third-order valence-corrected chi connectivity index (χ3v) is 4.56. The molecule has 0 radical (unpaired) electrons. The van der Waals surface area contributed by atoms with E-state index in [1.165, 1.54) is 12.1 Å². The van der Waals surface area contributed by atoms with Gasteiger partial charge in [0, 0.05) is 12.8 Å². The van der Waals surface area contributed by atoms with Gasteiger partial charge in [-0.2, -0.15) is 0 Å². The van der Waals surface area contributed by atoms with E-state index < -0.39 is 0 Å². The summed E-state index contributed by atoms with van der Waals surface area (Å²) in [6.45, 7) is 11.1. The molecule has 4 nitrogen and oxygen atoms in total. The van der Waals surface area contributed by atoms with Gasteiger partial charge in [0.2, 0.25) is 0 Å². The summed E-state index contributed by atoms with van der Waals surface area (Å²) in [7, 11) is 0. The molecule has 0 amide bonds. The molecule has 1 rings (SSSR count). The van der Waals surface area contributed by atoms with E-state index in [1.54, 1.807) is 6.07 Å². The number of carbonyl (C=O) groups is 1. The Morgan fingerprint density at radius 2 is 1.72 bits per heavy atom. The van der Waals surface area contributed by atoms with Crippen LogP contribution in [0.4, 0.5) is 0 Å². The van der Waals surface area contributed by atoms with E-state index in [4.69, 9.17) is 4.74 Å². The maximum Gasteiger partial charge on any atom is 0.305 e. The van der Waals surface area contributed by atoms with Crippen LogP contribution in [-0.2, 0) is 16.0 Å². The Balaban J connectivity index is 2.37. The van der Waals surface area contributed by atoms with E-state index >= 15 is 0 Å². The maximum absolute atomic E-state index is 11.9. The molecule has 0 fully saturated rings. The number of aromatic hydroxyl groups is 2. The smallest absolute Gasteiger partial charge is 0.305 e. The molecule has 0 aliphatic rings. The standard InChI is InChI=1S/C21H32O4/c1-6-20(2,3)12-13-21(4,5)11-9-19(24)25-14-10-16-7-8-17(22)18(23)15-16/h7-8,12-13,15,22-23H,6,9-11,14H2,1-5H3/b13-12-. The van der Waals surface area contributed by atoms with E-state index in [9.17, 15) is 15.0 Å². The molecule has 0 saturated heterocycles.